The maximum absolute atomic E-state index is 12.8. The Morgan fingerprint density at radius 2 is 1.56 bits per heavy atom. The van der Waals surface area contributed by atoms with E-state index in [4.69, 9.17) is 14.0 Å². The molecule has 188 valence electrons. The van der Waals surface area contributed by atoms with E-state index in [2.05, 4.69) is 45.0 Å². The number of rotatable bonds is 10. The zero-order valence-electron chi connectivity index (χ0n) is 20.9. The molecule has 10 heteroatoms. The molecule has 0 aliphatic carbocycles. The van der Waals surface area contributed by atoms with Crippen molar-refractivity contribution in [1.82, 2.24) is 25.1 Å². The molecule has 0 aromatic carbocycles. The maximum atomic E-state index is 12.8. The summed E-state index contributed by atoms with van der Waals surface area (Å²) in [5.74, 6) is 0. The molecule has 8 nitrogen and oxygen atoms in total. The van der Waals surface area contributed by atoms with Crippen molar-refractivity contribution in [3.8, 4) is 0 Å². The van der Waals surface area contributed by atoms with E-state index in [1.54, 1.807) is 12.7 Å². The van der Waals surface area contributed by atoms with Crippen LogP contribution in [0.1, 0.15) is 25.2 Å². The third kappa shape index (κ3) is 8.46. The lowest BCUT2D eigenvalue weighted by Gasteiger charge is -2.26. The molecule has 34 heavy (non-hydrogen) atoms. The number of hydrogen-bond acceptors (Lipinski definition) is 8. The molecule has 1 aliphatic rings. The predicted molar refractivity (Wildman–Crippen MR) is 141 cm³/mol. The molecule has 2 aromatic rings. The summed E-state index contributed by atoms with van der Waals surface area (Å²) >= 11 is 0. The van der Waals surface area contributed by atoms with Gasteiger partial charge in [-0.2, -0.15) is 0 Å². The first-order chi connectivity index (χ1) is 16.4. The Bertz CT molecular complexity index is 948. The highest BCUT2D eigenvalue weighted by atomic mass is 31.2. The average Bonchev–Trinajstić information content (AvgIpc) is 2.92. The summed E-state index contributed by atoms with van der Waals surface area (Å²) in [4.78, 5) is 14.4. The summed E-state index contributed by atoms with van der Waals surface area (Å²) in [5, 5.41) is 3.55. The molecule has 0 saturated carbocycles. The SMILES string of the molecule is CCOP(C)c1cccc(CN2CCNCCN(Cc3cccc(P(C)(=O)OCC)n3)CC2)n1. The maximum Gasteiger partial charge on any atom is 0.246 e. The number of hydrogen-bond donors (Lipinski definition) is 1. The zero-order valence-corrected chi connectivity index (χ0v) is 22.7. The molecule has 2 atom stereocenters. The molecule has 0 amide bonds. The van der Waals surface area contributed by atoms with Gasteiger partial charge in [-0.15, -0.1) is 0 Å². The van der Waals surface area contributed by atoms with Crippen LogP contribution in [0.5, 0.6) is 0 Å². The molecule has 2 unspecified atom stereocenters. The van der Waals surface area contributed by atoms with Crippen LogP contribution < -0.4 is 16.2 Å². The molecule has 3 rings (SSSR count). The van der Waals surface area contributed by atoms with Gasteiger partial charge in [0.15, 0.2) is 0 Å². The quantitative estimate of drug-likeness (QED) is 0.492. The highest BCUT2D eigenvalue weighted by Crippen LogP contribution is 2.40. The molecule has 1 saturated heterocycles. The Labute approximate surface area is 205 Å². The third-order valence-electron chi connectivity index (χ3n) is 5.73. The fraction of sp³-hybridized carbons (Fsp3) is 0.583. The van der Waals surface area contributed by atoms with Crippen LogP contribution in [-0.4, -0.2) is 85.6 Å². The van der Waals surface area contributed by atoms with Gasteiger partial charge >= 0.3 is 0 Å². The third-order valence-corrected chi connectivity index (χ3v) is 9.11. The topological polar surface area (TPSA) is 79.8 Å². The second-order valence-electron chi connectivity index (χ2n) is 8.46. The summed E-state index contributed by atoms with van der Waals surface area (Å²) in [6.07, 6.45) is 0. The first-order valence-corrected chi connectivity index (χ1v) is 15.9. The van der Waals surface area contributed by atoms with Gasteiger partial charge in [-0.25, -0.2) is 9.97 Å². The zero-order chi connectivity index (χ0) is 24.4. The molecule has 1 fully saturated rings. The van der Waals surface area contributed by atoms with Crippen LogP contribution >= 0.6 is 15.5 Å². The normalized spacial score (nSPS) is 19.1. The van der Waals surface area contributed by atoms with E-state index in [0.29, 0.717) is 18.6 Å². The van der Waals surface area contributed by atoms with Crippen molar-refractivity contribution < 1.29 is 13.6 Å². The van der Waals surface area contributed by atoms with E-state index in [1.165, 1.54) is 0 Å². The number of aromatic nitrogens is 2. The lowest BCUT2D eigenvalue weighted by molar-refractivity contribution is 0.207. The number of nitrogens with zero attached hydrogens (tertiary/aromatic N) is 4. The Kier molecular flexibility index (Phi) is 11.1. The first-order valence-electron chi connectivity index (χ1n) is 12.1. The van der Waals surface area contributed by atoms with E-state index in [1.807, 2.05) is 26.0 Å². The van der Waals surface area contributed by atoms with Gasteiger partial charge in [0.05, 0.1) is 31.6 Å². The van der Waals surface area contributed by atoms with Crippen LogP contribution in [0.15, 0.2) is 36.4 Å². The lowest BCUT2D eigenvalue weighted by Crippen LogP contribution is -2.36. The van der Waals surface area contributed by atoms with Crippen molar-refractivity contribution in [3.63, 3.8) is 0 Å². The van der Waals surface area contributed by atoms with E-state index in [9.17, 15) is 4.57 Å². The fourth-order valence-electron chi connectivity index (χ4n) is 3.96. The highest BCUT2D eigenvalue weighted by molar-refractivity contribution is 7.65. The molecular formula is C24H39N5O3P2. The number of pyridine rings is 2. The summed E-state index contributed by atoms with van der Waals surface area (Å²) in [7, 11) is -3.54. The Hall–Kier alpha value is -1.24. The van der Waals surface area contributed by atoms with E-state index < -0.39 is 15.5 Å². The van der Waals surface area contributed by atoms with Gasteiger partial charge in [-0.3, -0.25) is 14.4 Å². The van der Waals surface area contributed by atoms with Gasteiger partial charge in [0.2, 0.25) is 7.37 Å². The van der Waals surface area contributed by atoms with Gasteiger partial charge in [0, 0.05) is 65.6 Å². The summed E-state index contributed by atoms with van der Waals surface area (Å²) in [6, 6.07) is 12.0. The van der Waals surface area contributed by atoms with Crippen LogP contribution in [0.3, 0.4) is 0 Å². The first kappa shape index (κ1) is 27.3. The standard InChI is InChI=1S/C24H39N5O3P2/c1-5-31-33(3)23-11-7-9-21(26-23)19-28-15-13-25-14-16-29(18-17-28)20-22-10-8-12-24(27-22)34(4,30)32-6-2/h7-12,25H,5-6,13-20H2,1-4H3. The fourth-order valence-corrected chi connectivity index (χ4v) is 6.34. The minimum Gasteiger partial charge on any atom is -0.353 e. The van der Waals surface area contributed by atoms with Gasteiger partial charge in [0.25, 0.3) is 0 Å². The molecule has 0 spiro atoms. The summed E-state index contributed by atoms with van der Waals surface area (Å²) in [6.45, 7) is 16.0. The van der Waals surface area contributed by atoms with Crippen molar-refractivity contribution in [2.75, 3.05) is 65.8 Å². The van der Waals surface area contributed by atoms with E-state index in [-0.39, 0.29) is 0 Å². The predicted octanol–water partition coefficient (Wildman–Crippen LogP) is 2.64. The Balaban J connectivity index is 1.63. The molecule has 1 aliphatic heterocycles. The second kappa shape index (κ2) is 13.7. The lowest BCUT2D eigenvalue weighted by atomic mass is 10.3. The largest absolute Gasteiger partial charge is 0.353 e. The Morgan fingerprint density at radius 1 is 0.941 bits per heavy atom. The molecule has 2 aromatic heterocycles. The summed E-state index contributed by atoms with van der Waals surface area (Å²) in [5.41, 5.74) is 3.60. The average molecular weight is 508 g/mol. The summed E-state index contributed by atoms with van der Waals surface area (Å²) < 4.78 is 24.0. The van der Waals surface area contributed by atoms with Gasteiger partial charge in [0.1, 0.15) is 5.44 Å². The molecular weight excluding hydrogens is 468 g/mol. The molecule has 3 heterocycles. The van der Waals surface area contributed by atoms with Crippen molar-refractivity contribution in [2.24, 2.45) is 0 Å². The van der Waals surface area contributed by atoms with Crippen molar-refractivity contribution in [3.05, 3.63) is 47.8 Å². The van der Waals surface area contributed by atoms with Crippen LogP contribution in [0.2, 0.25) is 0 Å². The van der Waals surface area contributed by atoms with Crippen molar-refractivity contribution in [1.29, 1.82) is 0 Å². The van der Waals surface area contributed by atoms with Gasteiger partial charge < -0.3 is 14.4 Å². The second-order valence-corrected chi connectivity index (χ2v) is 12.6. The monoisotopic (exact) mass is 507 g/mol. The van der Waals surface area contributed by atoms with Crippen LogP contribution in [0.4, 0.5) is 0 Å². The highest BCUT2D eigenvalue weighted by Gasteiger charge is 2.21. The molecule has 0 bridgehead atoms. The number of nitrogens with one attached hydrogen (secondary N) is 1. The van der Waals surface area contributed by atoms with E-state index >= 15 is 0 Å². The van der Waals surface area contributed by atoms with Gasteiger partial charge in [-0.1, -0.05) is 12.1 Å². The molecule has 1 N–H and O–H groups in total. The Morgan fingerprint density at radius 3 is 2.18 bits per heavy atom. The molecule has 0 radical (unpaired) electrons. The van der Waals surface area contributed by atoms with Crippen LogP contribution in [0, 0.1) is 0 Å². The van der Waals surface area contributed by atoms with Crippen molar-refractivity contribution in [2.45, 2.75) is 26.9 Å². The minimum atomic E-state index is -2.88. The van der Waals surface area contributed by atoms with Gasteiger partial charge in [-0.05, 0) is 44.8 Å². The smallest absolute Gasteiger partial charge is 0.246 e. The minimum absolute atomic E-state index is 0.413. The van der Waals surface area contributed by atoms with Crippen LogP contribution in [-0.2, 0) is 26.7 Å². The van der Waals surface area contributed by atoms with Crippen LogP contribution in [0.25, 0.3) is 0 Å². The van der Waals surface area contributed by atoms with E-state index in [0.717, 1.165) is 69.2 Å². The van der Waals surface area contributed by atoms with Crippen molar-refractivity contribution >= 4 is 26.4 Å².